The first-order valence-electron chi connectivity index (χ1n) is 8.38. The van der Waals surface area contributed by atoms with Crippen LogP contribution in [0.4, 0.5) is 0 Å². The van der Waals surface area contributed by atoms with Gasteiger partial charge in [0.15, 0.2) is 0 Å². The molecule has 0 bridgehead atoms. The maximum absolute atomic E-state index is 3.81. The molecule has 2 heteroatoms. The van der Waals surface area contributed by atoms with Gasteiger partial charge in [0, 0.05) is 15.6 Å². The van der Waals surface area contributed by atoms with Gasteiger partial charge in [0.2, 0.25) is 0 Å². The van der Waals surface area contributed by atoms with E-state index >= 15 is 0 Å². The van der Waals surface area contributed by atoms with Gasteiger partial charge in [-0.3, -0.25) is 0 Å². The Kier molecular flexibility index (Phi) is 4.66. The molecule has 1 fully saturated rings. The van der Waals surface area contributed by atoms with E-state index in [9.17, 15) is 0 Å². The number of hydrogen-bond donors (Lipinski definition) is 1. The van der Waals surface area contributed by atoms with Gasteiger partial charge in [-0.25, -0.2) is 0 Å². The van der Waals surface area contributed by atoms with Gasteiger partial charge in [-0.15, -0.1) is 11.3 Å². The molecule has 0 spiro atoms. The average molecular weight is 301 g/mol. The first-order valence-corrected chi connectivity index (χ1v) is 9.20. The van der Waals surface area contributed by atoms with Gasteiger partial charge >= 0.3 is 0 Å². The SMILES string of the molecule is Cc1c(C(C)NCC2CCCCC2C)sc2ccccc12. The maximum atomic E-state index is 3.81. The summed E-state index contributed by atoms with van der Waals surface area (Å²) in [5.74, 6) is 1.76. The van der Waals surface area contributed by atoms with Gasteiger partial charge in [-0.1, -0.05) is 44.4 Å². The molecule has 1 aliphatic carbocycles. The Morgan fingerprint density at radius 3 is 2.76 bits per heavy atom. The fourth-order valence-electron chi connectivity index (χ4n) is 3.72. The third-order valence-electron chi connectivity index (χ3n) is 5.25. The predicted octanol–water partition coefficient (Wildman–Crippen LogP) is 5.69. The zero-order valence-electron chi connectivity index (χ0n) is 13.5. The standard InChI is InChI=1S/C19H27NS/c1-13-8-4-5-9-16(13)12-20-15(3)19-14(2)17-10-6-7-11-18(17)21-19/h6-7,10-11,13,15-16,20H,4-5,8-9,12H2,1-3H3. The lowest BCUT2D eigenvalue weighted by Gasteiger charge is -2.30. The highest BCUT2D eigenvalue weighted by Crippen LogP contribution is 2.35. The van der Waals surface area contributed by atoms with Crippen LogP contribution in [0.1, 0.15) is 56.0 Å². The van der Waals surface area contributed by atoms with E-state index in [0.717, 1.165) is 11.8 Å². The van der Waals surface area contributed by atoms with Crippen LogP contribution in [0.3, 0.4) is 0 Å². The van der Waals surface area contributed by atoms with Crippen molar-refractivity contribution < 1.29 is 0 Å². The fraction of sp³-hybridized carbons (Fsp3) is 0.579. The van der Waals surface area contributed by atoms with Crippen LogP contribution in [0.15, 0.2) is 24.3 Å². The second-order valence-corrected chi connectivity index (χ2v) is 7.82. The van der Waals surface area contributed by atoms with Gasteiger partial charge in [-0.05, 0) is 55.7 Å². The monoisotopic (exact) mass is 301 g/mol. The molecule has 21 heavy (non-hydrogen) atoms. The summed E-state index contributed by atoms with van der Waals surface area (Å²) >= 11 is 1.96. The van der Waals surface area contributed by atoms with Crippen LogP contribution in [0.5, 0.6) is 0 Å². The number of benzene rings is 1. The van der Waals surface area contributed by atoms with E-state index in [4.69, 9.17) is 0 Å². The Hall–Kier alpha value is -0.860. The number of aryl methyl sites for hydroxylation is 1. The highest BCUT2D eigenvalue weighted by molar-refractivity contribution is 7.19. The van der Waals surface area contributed by atoms with Crippen LogP contribution in [0, 0.1) is 18.8 Å². The molecule has 0 saturated heterocycles. The second-order valence-electron chi connectivity index (χ2n) is 6.74. The second kappa shape index (κ2) is 6.50. The Morgan fingerprint density at radius 1 is 1.24 bits per heavy atom. The molecule has 1 nitrogen and oxygen atoms in total. The quantitative estimate of drug-likeness (QED) is 0.765. The topological polar surface area (TPSA) is 12.0 Å². The largest absolute Gasteiger partial charge is 0.309 e. The summed E-state index contributed by atoms with van der Waals surface area (Å²) in [6.07, 6.45) is 5.69. The van der Waals surface area contributed by atoms with Gasteiger partial charge in [0.25, 0.3) is 0 Å². The van der Waals surface area contributed by atoms with Crippen molar-refractivity contribution in [3.05, 3.63) is 34.7 Å². The van der Waals surface area contributed by atoms with Crippen molar-refractivity contribution in [3.63, 3.8) is 0 Å². The number of hydrogen-bond acceptors (Lipinski definition) is 2. The first-order chi connectivity index (χ1) is 10.2. The molecule has 1 aliphatic rings. The highest BCUT2D eigenvalue weighted by Gasteiger charge is 2.22. The molecule has 2 aromatic rings. The number of rotatable bonds is 4. The molecule has 3 unspecified atom stereocenters. The number of fused-ring (bicyclic) bond motifs is 1. The molecular formula is C19H27NS. The van der Waals surface area contributed by atoms with Crippen LogP contribution in [-0.4, -0.2) is 6.54 Å². The van der Waals surface area contributed by atoms with Gasteiger partial charge < -0.3 is 5.32 Å². The third-order valence-corrected chi connectivity index (χ3v) is 6.70. The molecule has 3 atom stereocenters. The van der Waals surface area contributed by atoms with Crippen LogP contribution in [0.2, 0.25) is 0 Å². The van der Waals surface area contributed by atoms with Gasteiger partial charge in [-0.2, -0.15) is 0 Å². The predicted molar refractivity (Wildman–Crippen MR) is 94.1 cm³/mol. The Labute approximate surface area is 132 Å². The summed E-state index contributed by atoms with van der Waals surface area (Å²) < 4.78 is 1.42. The summed E-state index contributed by atoms with van der Waals surface area (Å²) in [5, 5.41) is 5.24. The molecule has 1 heterocycles. The third kappa shape index (κ3) is 3.17. The smallest absolute Gasteiger partial charge is 0.0389 e. The molecule has 3 rings (SSSR count). The fourth-order valence-corrected chi connectivity index (χ4v) is 4.96. The molecule has 1 saturated carbocycles. The van der Waals surface area contributed by atoms with Crippen molar-refractivity contribution in [2.24, 2.45) is 11.8 Å². The van der Waals surface area contributed by atoms with E-state index in [2.05, 4.69) is 50.4 Å². The first kappa shape index (κ1) is 15.1. The van der Waals surface area contributed by atoms with E-state index in [0.29, 0.717) is 6.04 Å². The Morgan fingerprint density at radius 2 is 2.00 bits per heavy atom. The molecule has 1 N–H and O–H groups in total. The normalized spacial score (nSPS) is 24.3. The molecule has 114 valence electrons. The van der Waals surface area contributed by atoms with Crippen molar-refractivity contribution in [2.45, 2.75) is 52.5 Å². The van der Waals surface area contributed by atoms with E-state index in [1.54, 1.807) is 0 Å². The summed E-state index contributed by atoms with van der Waals surface area (Å²) in [6.45, 7) is 8.21. The van der Waals surface area contributed by atoms with Crippen molar-refractivity contribution in [3.8, 4) is 0 Å². The maximum Gasteiger partial charge on any atom is 0.0389 e. The zero-order chi connectivity index (χ0) is 14.8. The molecule has 1 aromatic heterocycles. The summed E-state index contributed by atoms with van der Waals surface area (Å²) in [6, 6.07) is 9.25. The van der Waals surface area contributed by atoms with Crippen molar-refractivity contribution >= 4 is 21.4 Å². The van der Waals surface area contributed by atoms with E-state index in [1.807, 2.05) is 11.3 Å². The van der Waals surface area contributed by atoms with Crippen molar-refractivity contribution in [2.75, 3.05) is 6.54 Å². The number of nitrogens with one attached hydrogen (secondary N) is 1. The van der Waals surface area contributed by atoms with E-state index in [-0.39, 0.29) is 0 Å². The van der Waals surface area contributed by atoms with Gasteiger partial charge in [0.1, 0.15) is 0 Å². The average Bonchev–Trinajstić information content (AvgIpc) is 2.84. The molecule has 0 amide bonds. The highest BCUT2D eigenvalue weighted by atomic mass is 32.1. The van der Waals surface area contributed by atoms with Crippen LogP contribution in [-0.2, 0) is 0 Å². The number of thiophene rings is 1. The van der Waals surface area contributed by atoms with Gasteiger partial charge in [0.05, 0.1) is 0 Å². The molecule has 1 aromatic carbocycles. The van der Waals surface area contributed by atoms with Crippen molar-refractivity contribution in [1.29, 1.82) is 0 Å². The Bertz CT molecular complexity index is 601. The lowest BCUT2D eigenvalue weighted by atomic mass is 9.80. The Balaban J connectivity index is 1.69. The summed E-state index contributed by atoms with van der Waals surface area (Å²) in [5.41, 5.74) is 1.47. The minimum Gasteiger partial charge on any atom is -0.309 e. The lowest BCUT2D eigenvalue weighted by Crippen LogP contribution is -2.30. The van der Waals surface area contributed by atoms with Crippen molar-refractivity contribution in [1.82, 2.24) is 5.32 Å². The van der Waals surface area contributed by atoms with Crippen LogP contribution >= 0.6 is 11.3 Å². The zero-order valence-corrected chi connectivity index (χ0v) is 14.3. The molecule has 0 radical (unpaired) electrons. The minimum atomic E-state index is 0.469. The lowest BCUT2D eigenvalue weighted by molar-refractivity contribution is 0.242. The minimum absolute atomic E-state index is 0.469. The van der Waals surface area contributed by atoms with Crippen LogP contribution < -0.4 is 5.32 Å². The molecular weight excluding hydrogens is 274 g/mol. The molecule has 0 aliphatic heterocycles. The summed E-state index contributed by atoms with van der Waals surface area (Å²) in [7, 11) is 0. The van der Waals surface area contributed by atoms with E-state index in [1.165, 1.54) is 52.8 Å². The van der Waals surface area contributed by atoms with E-state index < -0.39 is 0 Å². The summed E-state index contributed by atoms with van der Waals surface area (Å²) in [4.78, 5) is 1.51. The van der Waals surface area contributed by atoms with Crippen LogP contribution in [0.25, 0.3) is 10.1 Å².